The molecule has 1 aliphatic rings. The molecule has 11 nitrogen and oxygen atoms in total. The molecule has 1 fully saturated rings. The molecular formula is C30H29FN8O3. The number of anilines is 1. The second-order valence-corrected chi connectivity index (χ2v) is 9.99. The van der Waals surface area contributed by atoms with Gasteiger partial charge in [0.25, 0.3) is 0 Å². The first-order chi connectivity index (χ1) is 20.6. The number of carbonyl (C=O) groups is 1. The van der Waals surface area contributed by atoms with Crippen molar-refractivity contribution < 1.29 is 18.7 Å². The Morgan fingerprint density at radius 1 is 1.12 bits per heavy atom. The predicted molar refractivity (Wildman–Crippen MR) is 152 cm³/mol. The van der Waals surface area contributed by atoms with Crippen LogP contribution in [-0.2, 0) is 24.2 Å². The number of aromatic nitrogens is 6. The van der Waals surface area contributed by atoms with Crippen molar-refractivity contribution in [1.29, 1.82) is 0 Å². The molecule has 1 unspecified atom stereocenters. The number of cyclic esters (lactones) is 1. The Morgan fingerprint density at radius 2 is 1.93 bits per heavy atom. The Bertz CT molecular complexity index is 1610. The quantitative estimate of drug-likeness (QED) is 0.242. The van der Waals surface area contributed by atoms with Gasteiger partial charge in [0.05, 0.1) is 43.8 Å². The number of benzene rings is 3. The van der Waals surface area contributed by atoms with Crippen LogP contribution in [0, 0.1) is 5.82 Å². The normalized spacial score (nSPS) is 15.5. The number of carbonyl (C=O) groups excluding carboxylic acids is 1. The molecule has 12 heteroatoms. The highest BCUT2D eigenvalue weighted by Crippen LogP contribution is 2.30. The van der Waals surface area contributed by atoms with Gasteiger partial charge in [-0.05, 0) is 53.4 Å². The SMILES string of the molecule is COc1ccc(CC(NCc2ccc(-c3ccc(N4C[C@H](Cn5ccnn5)OC4=O)cc3F)cc2)c2c[nH]nn2)cc1. The Morgan fingerprint density at radius 3 is 2.62 bits per heavy atom. The number of methoxy groups -OCH3 is 1. The van der Waals surface area contributed by atoms with E-state index in [-0.39, 0.29) is 6.04 Å². The molecular weight excluding hydrogens is 539 g/mol. The number of rotatable bonds is 11. The van der Waals surface area contributed by atoms with Gasteiger partial charge < -0.3 is 14.8 Å². The largest absolute Gasteiger partial charge is 0.497 e. The number of amides is 1. The van der Waals surface area contributed by atoms with E-state index in [1.807, 2.05) is 48.5 Å². The van der Waals surface area contributed by atoms with Crippen LogP contribution in [0.5, 0.6) is 5.75 Å². The van der Waals surface area contributed by atoms with Gasteiger partial charge >= 0.3 is 6.09 Å². The Balaban J connectivity index is 1.10. The maximum Gasteiger partial charge on any atom is 0.414 e. The standard InChI is InChI=1S/C30H29FN8O3/c1-41-24-9-4-20(5-10-24)14-28(29-17-34-36-35-29)32-16-21-2-6-22(7-3-21)26-11-8-23(15-27(26)31)39-19-25(42-30(39)40)18-38-13-12-33-37-38/h2-13,15,17,25,28,32H,14,16,18-19H2,1H3,(H,34,35,36)/t25-,28?/m0/s1. The molecule has 5 aromatic rings. The number of hydrogen-bond donors (Lipinski definition) is 2. The lowest BCUT2D eigenvalue weighted by atomic mass is 10.0. The van der Waals surface area contributed by atoms with Crippen LogP contribution in [0.2, 0.25) is 0 Å². The molecule has 0 bridgehead atoms. The molecule has 0 radical (unpaired) electrons. The first kappa shape index (κ1) is 27.1. The predicted octanol–water partition coefficient (Wildman–Crippen LogP) is 4.31. The van der Waals surface area contributed by atoms with Gasteiger partial charge in [0.2, 0.25) is 0 Å². The van der Waals surface area contributed by atoms with Crippen molar-refractivity contribution in [2.45, 2.75) is 31.7 Å². The van der Waals surface area contributed by atoms with Crippen molar-refractivity contribution in [3.63, 3.8) is 0 Å². The van der Waals surface area contributed by atoms with E-state index in [4.69, 9.17) is 9.47 Å². The molecule has 1 amide bonds. The van der Waals surface area contributed by atoms with Gasteiger partial charge in [-0.3, -0.25) is 10.00 Å². The van der Waals surface area contributed by atoms with E-state index in [2.05, 4.69) is 31.0 Å². The van der Waals surface area contributed by atoms with Crippen molar-refractivity contribution in [3.05, 3.63) is 108 Å². The van der Waals surface area contributed by atoms with Gasteiger partial charge in [-0.2, -0.15) is 0 Å². The van der Waals surface area contributed by atoms with Gasteiger partial charge in [-0.25, -0.2) is 13.9 Å². The first-order valence-corrected chi connectivity index (χ1v) is 13.5. The minimum Gasteiger partial charge on any atom is -0.497 e. The highest BCUT2D eigenvalue weighted by atomic mass is 19.1. The van der Waals surface area contributed by atoms with Crippen LogP contribution < -0.4 is 15.0 Å². The number of H-pyrrole nitrogens is 1. The fourth-order valence-electron chi connectivity index (χ4n) is 4.97. The average molecular weight is 569 g/mol. The smallest absolute Gasteiger partial charge is 0.414 e. The van der Waals surface area contributed by atoms with Crippen LogP contribution in [0.3, 0.4) is 0 Å². The summed E-state index contributed by atoms with van der Waals surface area (Å²) in [5.41, 5.74) is 4.62. The summed E-state index contributed by atoms with van der Waals surface area (Å²) in [7, 11) is 1.65. The molecule has 2 N–H and O–H groups in total. The third kappa shape index (κ3) is 6.13. The van der Waals surface area contributed by atoms with Crippen LogP contribution in [-0.4, -0.2) is 56.3 Å². The van der Waals surface area contributed by atoms with Crippen molar-refractivity contribution in [2.75, 3.05) is 18.6 Å². The van der Waals surface area contributed by atoms with Gasteiger partial charge in [-0.1, -0.05) is 46.8 Å². The molecule has 0 aliphatic carbocycles. The molecule has 42 heavy (non-hydrogen) atoms. The number of halogens is 1. The molecule has 2 aromatic heterocycles. The van der Waals surface area contributed by atoms with Gasteiger partial charge in [-0.15, -0.1) is 10.2 Å². The first-order valence-electron chi connectivity index (χ1n) is 13.5. The van der Waals surface area contributed by atoms with Crippen LogP contribution in [0.15, 0.2) is 85.3 Å². The lowest BCUT2D eigenvalue weighted by molar-refractivity contribution is 0.129. The van der Waals surface area contributed by atoms with E-state index in [9.17, 15) is 4.79 Å². The number of ether oxygens (including phenoxy) is 2. The number of aromatic amines is 1. The average Bonchev–Trinajstić information content (AvgIpc) is 3.80. The summed E-state index contributed by atoms with van der Waals surface area (Å²) in [4.78, 5) is 13.9. The lowest BCUT2D eigenvalue weighted by Gasteiger charge is -2.17. The summed E-state index contributed by atoms with van der Waals surface area (Å²) in [6.45, 7) is 1.26. The molecule has 3 heterocycles. The summed E-state index contributed by atoms with van der Waals surface area (Å²) < 4.78 is 27.5. The van der Waals surface area contributed by atoms with E-state index in [1.165, 1.54) is 11.0 Å². The zero-order chi connectivity index (χ0) is 28.9. The minimum absolute atomic E-state index is 0.0603. The molecule has 0 spiro atoms. The zero-order valence-electron chi connectivity index (χ0n) is 22.9. The molecule has 6 rings (SSSR count). The summed E-state index contributed by atoms with van der Waals surface area (Å²) >= 11 is 0. The van der Waals surface area contributed by atoms with Crippen LogP contribution in [0.1, 0.15) is 22.9 Å². The third-order valence-electron chi connectivity index (χ3n) is 7.21. The Labute approximate surface area is 241 Å². The monoisotopic (exact) mass is 568 g/mol. The van der Waals surface area contributed by atoms with E-state index in [0.717, 1.165) is 34.6 Å². The van der Waals surface area contributed by atoms with Crippen molar-refractivity contribution in [3.8, 4) is 16.9 Å². The maximum absolute atomic E-state index is 15.2. The van der Waals surface area contributed by atoms with Crippen LogP contribution in [0.25, 0.3) is 11.1 Å². The van der Waals surface area contributed by atoms with E-state index in [1.54, 1.807) is 42.5 Å². The Hall–Kier alpha value is -5.10. The second-order valence-electron chi connectivity index (χ2n) is 9.99. The fraction of sp³-hybridized carbons (Fsp3) is 0.233. The van der Waals surface area contributed by atoms with Gasteiger partial charge in [0.15, 0.2) is 0 Å². The molecule has 0 saturated carbocycles. The van der Waals surface area contributed by atoms with Crippen molar-refractivity contribution in [1.82, 2.24) is 35.7 Å². The maximum atomic E-state index is 15.2. The number of nitrogens with one attached hydrogen (secondary N) is 2. The van der Waals surface area contributed by atoms with Gasteiger partial charge in [0.1, 0.15) is 17.7 Å². The van der Waals surface area contributed by atoms with Crippen LogP contribution in [0.4, 0.5) is 14.9 Å². The fourth-order valence-corrected chi connectivity index (χ4v) is 4.97. The Kier molecular flexibility index (Phi) is 7.86. The summed E-state index contributed by atoms with van der Waals surface area (Å²) in [5, 5.41) is 22.1. The topological polar surface area (TPSA) is 123 Å². The molecule has 2 atom stereocenters. The zero-order valence-corrected chi connectivity index (χ0v) is 22.9. The highest BCUT2D eigenvalue weighted by molar-refractivity contribution is 5.90. The number of nitrogens with zero attached hydrogens (tertiary/aromatic N) is 6. The lowest BCUT2D eigenvalue weighted by Crippen LogP contribution is -2.26. The summed E-state index contributed by atoms with van der Waals surface area (Å²) in [5.74, 6) is 0.388. The second kappa shape index (κ2) is 12.2. The number of hydrogen-bond acceptors (Lipinski definition) is 8. The van der Waals surface area contributed by atoms with Gasteiger partial charge in [0, 0.05) is 24.5 Å². The highest BCUT2D eigenvalue weighted by Gasteiger charge is 2.33. The summed E-state index contributed by atoms with van der Waals surface area (Å²) in [6.07, 6.45) is 4.85. The summed E-state index contributed by atoms with van der Waals surface area (Å²) in [6, 6.07) is 20.4. The van der Waals surface area contributed by atoms with Crippen molar-refractivity contribution >= 4 is 11.8 Å². The molecule has 1 aliphatic heterocycles. The van der Waals surface area contributed by atoms with Crippen LogP contribution >= 0.6 is 0 Å². The van der Waals surface area contributed by atoms with E-state index >= 15 is 4.39 Å². The van der Waals surface area contributed by atoms with E-state index in [0.29, 0.717) is 30.9 Å². The minimum atomic E-state index is -0.514. The molecule has 3 aromatic carbocycles. The molecule has 214 valence electrons. The van der Waals surface area contributed by atoms with E-state index < -0.39 is 18.0 Å². The molecule has 1 saturated heterocycles. The third-order valence-corrected chi connectivity index (χ3v) is 7.21. The van der Waals surface area contributed by atoms with Crippen molar-refractivity contribution in [2.24, 2.45) is 0 Å².